The minimum absolute atomic E-state index is 0.163. The fourth-order valence-corrected chi connectivity index (χ4v) is 2.43. The lowest BCUT2D eigenvalue weighted by Gasteiger charge is -2.29. The van der Waals surface area contributed by atoms with Crippen molar-refractivity contribution in [3.05, 3.63) is 35.4 Å². The second kappa shape index (κ2) is 7.80. The van der Waals surface area contributed by atoms with Crippen LogP contribution in [0.15, 0.2) is 24.3 Å². The molecule has 1 rings (SSSR count). The summed E-state index contributed by atoms with van der Waals surface area (Å²) in [6.45, 7) is 13.0. The first-order chi connectivity index (χ1) is 9.33. The van der Waals surface area contributed by atoms with E-state index in [0.717, 1.165) is 19.6 Å². The van der Waals surface area contributed by atoms with Crippen LogP contribution in [0, 0.1) is 18.8 Å². The van der Waals surface area contributed by atoms with Gasteiger partial charge in [0.2, 0.25) is 0 Å². The Hall–Kier alpha value is -0.860. The van der Waals surface area contributed by atoms with Gasteiger partial charge in [0, 0.05) is 19.3 Å². The van der Waals surface area contributed by atoms with Crippen molar-refractivity contribution in [2.75, 3.05) is 20.3 Å². The fourth-order valence-electron chi connectivity index (χ4n) is 2.43. The molecule has 0 bridgehead atoms. The second-order valence-corrected chi connectivity index (χ2v) is 6.95. The molecule has 2 nitrogen and oxygen atoms in total. The van der Waals surface area contributed by atoms with E-state index in [9.17, 15) is 0 Å². The molecule has 1 aromatic rings. The first-order valence-corrected chi connectivity index (χ1v) is 7.62. The van der Waals surface area contributed by atoms with Gasteiger partial charge in [-0.05, 0) is 63.6 Å². The number of hydrogen-bond acceptors (Lipinski definition) is 2. The fraction of sp³-hybridized carbons (Fsp3) is 0.667. The monoisotopic (exact) mass is 277 g/mol. The second-order valence-electron chi connectivity index (χ2n) is 6.95. The van der Waals surface area contributed by atoms with Crippen molar-refractivity contribution in [2.45, 2.75) is 46.6 Å². The van der Waals surface area contributed by atoms with E-state index in [1.807, 2.05) is 0 Å². The van der Waals surface area contributed by atoms with E-state index in [-0.39, 0.29) is 5.54 Å². The van der Waals surface area contributed by atoms with Gasteiger partial charge in [-0.3, -0.25) is 0 Å². The Morgan fingerprint density at radius 2 is 1.85 bits per heavy atom. The Morgan fingerprint density at radius 3 is 2.40 bits per heavy atom. The standard InChI is InChI=1S/C18H31NO/c1-14-9-7-8-10-16(14)11-17(15(2)13-20-6)12-19-18(3,4)5/h7-10,15,17,19H,11-13H2,1-6H3. The van der Waals surface area contributed by atoms with E-state index in [1.54, 1.807) is 7.11 Å². The summed E-state index contributed by atoms with van der Waals surface area (Å²) in [7, 11) is 1.79. The predicted molar refractivity (Wildman–Crippen MR) is 87.2 cm³/mol. The Morgan fingerprint density at radius 1 is 1.20 bits per heavy atom. The summed E-state index contributed by atoms with van der Waals surface area (Å²) in [5.41, 5.74) is 3.01. The van der Waals surface area contributed by atoms with Gasteiger partial charge < -0.3 is 10.1 Å². The molecule has 20 heavy (non-hydrogen) atoms. The SMILES string of the molecule is COCC(C)C(CNC(C)(C)C)Cc1ccccc1C. The van der Waals surface area contributed by atoms with Gasteiger partial charge in [-0.15, -0.1) is 0 Å². The summed E-state index contributed by atoms with van der Waals surface area (Å²) in [6.07, 6.45) is 1.11. The van der Waals surface area contributed by atoms with Crippen molar-refractivity contribution in [3.63, 3.8) is 0 Å². The van der Waals surface area contributed by atoms with E-state index < -0.39 is 0 Å². The topological polar surface area (TPSA) is 21.3 Å². The molecule has 0 saturated heterocycles. The largest absolute Gasteiger partial charge is 0.384 e. The third-order valence-electron chi connectivity index (χ3n) is 3.87. The molecule has 114 valence electrons. The summed E-state index contributed by atoms with van der Waals surface area (Å²) in [4.78, 5) is 0. The molecular weight excluding hydrogens is 246 g/mol. The third-order valence-corrected chi connectivity index (χ3v) is 3.87. The van der Waals surface area contributed by atoms with Crippen LogP contribution < -0.4 is 5.32 Å². The number of methoxy groups -OCH3 is 1. The molecule has 0 amide bonds. The zero-order valence-corrected chi connectivity index (χ0v) is 14.0. The van der Waals surface area contributed by atoms with Crippen LogP contribution in [-0.2, 0) is 11.2 Å². The molecular formula is C18H31NO. The maximum atomic E-state index is 5.36. The highest BCUT2D eigenvalue weighted by Crippen LogP contribution is 2.20. The van der Waals surface area contributed by atoms with E-state index in [2.05, 4.69) is 64.2 Å². The van der Waals surface area contributed by atoms with Crippen LogP contribution in [0.2, 0.25) is 0 Å². The number of rotatable bonds is 7. The molecule has 1 N–H and O–H groups in total. The third kappa shape index (κ3) is 6.06. The van der Waals surface area contributed by atoms with Gasteiger partial charge in [0.1, 0.15) is 0 Å². The molecule has 0 aliphatic heterocycles. The van der Waals surface area contributed by atoms with Crippen molar-refractivity contribution >= 4 is 0 Å². The molecule has 0 heterocycles. The number of ether oxygens (including phenoxy) is 1. The molecule has 2 unspecified atom stereocenters. The quantitative estimate of drug-likeness (QED) is 0.818. The average Bonchev–Trinajstić information content (AvgIpc) is 2.35. The normalized spacial score (nSPS) is 15.1. The molecule has 0 aliphatic rings. The maximum absolute atomic E-state index is 5.36. The highest BCUT2D eigenvalue weighted by Gasteiger charge is 2.21. The summed E-state index contributed by atoms with van der Waals surface area (Å²) >= 11 is 0. The van der Waals surface area contributed by atoms with Gasteiger partial charge in [-0.1, -0.05) is 31.2 Å². The molecule has 0 spiro atoms. The zero-order valence-electron chi connectivity index (χ0n) is 14.0. The number of benzene rings is 1. The van der Waals surface area contributed by atoms with Crippen LogP contribution >= 0.6 is 0 Å². The van der Waals surface area contributed by atoms with Crippen LogP contribution in [0.1, 0.15) is 38.8 Å². The van der Waals surface area contributed by atoms with Crippen molar-refractivity contribution in [2.24, 2.45) is 11.8 Å². The number of hydrogen-bond donors (Lipinski definition) is 1. The van der Waals surface area contributed by atoms with Crippen molar-refractivity contribution in [1.82, 2.24) is 5.32 Å². The van der Waals surface area contributed by atoms with Crippen LogP contribution in [0.3, 0.4) is 0 Å². The smallest absolute Gasteiger partial charge is 0.0491 e. The number of aryl methyl sites for hydroxylation is 1. The lowest BCUT2D eigenvalue weighted by Crippen LogP contribution is -2.41. The lowest BCUT2D eigenvalue weighted by atomic mass is 9.86. The van der Waals surface area contributed by atoms with E-state index in [1.165, 1.54) is 11.1 Å². The Balaban J connectivity index is 2.74. The van der Waals surface area contributed by atoms with Crippen LogP contribution in [0.25, 0.3) is 0 Å². The summed E-state index contributed by atoms with van der Waals surface area (Å²) in [5, 5.41) is 3.65. The highest BCUT2D eigenvalue weighted by atomic mass is 16.5. The molecule has 0 radical (unpaired) electrons. The first-order valence-electron chi connectivity index (χ1n) is 7.62. The predicted octanol–water partition coefficient (Wildman–Crippen LogP) is 3.82. The van der Waals surface area contributed by atoms with E-state index >= 15 is 0 Å². The molecule has 0 fully saturated rings. The van der Waals surface area contributed by atoms with Gasteiger partial charge in [-0.2, -0.15) is 0 Å². The minimum Gasteiger partial charge on any atom is -0.384 e. The Labute approximate surface area is 124 Å². The van der Waals surface area contributed by atoms with Gasteiger partial charge in [0.05, 0.1) is 0 Å². The number of nitrogens with one attached hydrogen (secondary N) is 1. The molecule has 2 heteroatoms. The van der Waals surface area contributed by atoms with Gasteiger partial charge in [0.15, 0.2) is 0 Å². The molecule has 0 aromatic heterocycles. The summed E-state index contributed by atoms with van der Waals surface area (Å²) < 4.78 is 5.36. The summed E-state index contributed by atoms with van der Waals surface area (Å²) in [6, 6.07) is 8.70. The van der Waals surface area contributed by atoms with E-state index in [0.29, 0.717) is 11.8 Å². The van der Waals surface area contributed by atoms with Crippen LogP contribution in [0.5, 0.6) is 0 Å². The minimum atomic E-state index is 0.163. The Bertz CT molecular complexity index is 395. The van der Waals surface area contributed by atoms with Gasteiger partial charge in [0.25, 0.3) is 0 Å². The maximum Gasteiger partial charge on any atom is 0.0491 e. The van der Waals surface area contributed by atoms with Gasteiger partial charge in [-0.25, -0.2) is 0 Å². The van der Waals surface area contributed by atoms with Crippen molar-refractivity contribution in [1.29, 1.82) is 0 Å². The molecule has 0 saturated carbocycles. The molecule has 1 aromatic carbocycles. The lowest BCUT2D eigenvalue weighted by molar-refractivity contribution is 0.125. The van der Waals surface area contributed by atoms with Gasteiger partial charge >= 0.3 is 0 Å². The van der Waals surface area contributed by atoms with Crippen LogP contribution in [-0.4, -0.2) is 25.8 Å². The molecule has 2 atom stereocenters. The highest BCUT2D eigenvalue weighted by molar-refractivity contribution is 5.26. The van der Waals surface area contributed by atoms with Crippen LogP contribution in [0.4, 0.5) is 0 Å². The summed E-state index contributed by atoms with van der Waals surface area (Å²) in [5.74, 6) is 1.14. The Kier molecular flexibility index (Phi) is 6.70. The average molecular weight is 277 g/mol. The molecule has 0 aliphatic carbocycles. The zero-order chi connectivity index (χ0) is 15.2. The van der Waals surface area contributed by atoms with Crippen molar-refractivity contribution in [3.8, 4) is 0 Å². The van der Waals surface area contributed by atoms with E-state index in [4.69, 9.17) is 4.74 Å². The van der Waals surface area contributed by atoms with Crippen molar-refractivity contribution < 1.29 is 4.74 Å². The first kappa shape index (κ1) is 17.2.